The van der Waals surface area contributed by atoms with Gasteiger partial charge in [-0.05, 0) is 92.2 Å². The quantitative estimate of drug-likeness (QED) is 0.162. The summed E-state index contributed by atoms with van der Waals surface area (Å²) in [4.78, 5) is 13.7. The fraction of sp³-hybridized carbons (Fsp3) is 0.552. The Kier molecular flexibility index (Phi) is 7.04. The molecule has 0 aromatic heterocycles. The van der Waals surface area contributed by atoms with E-state index in [4.69, 9.17) is 25.6 Å². The first kappa shape index (κ1) is 26.2. The van der Waals surface area contributed by atoms with E-state index in [1.165, 1.54) is 12.0 Å². The van der Waals surface area contributed by atoms with Crippen molar-refractivity contribution >= 4 is 36.3 Å². The van der Waals surface area contributed by atoms with E-state index in [1.807, 2.05) is 19.1 Å². The van der Waals surface area contributed by atoms with Crippen molar-refractivity contribution in [1.29, 1.82) is 0 Å². The molecule has 0 spiro atoms. The van der Waals surface area contributed by atoms with Crippen LogP contribution < -0.4 is 4.74 Å². The number of ketones is 1. The monoisotopic (exact) mass is 526 g/mol. The molecule has 2 bridgehead atoms. The van der Waals surface area contributed by atoms with Crippen LogP contribution in [0.15, 0.2) is 41.3 Å². The molecule has 4 fully saturated rings. The molecule has 1 saturated heterocycles. The molecule has 0 N–H and O–H groups in total. The molecule has 1 unspecified atom stereocenters. The van der Waals surface area contributed by atoms with Gasteiger partial charge in [0, 0.05) is 16.2 Å². The van der Waals surface area contributed by atoms with Crippen LogP contribution in [0.25, 0.3) is 0 Å². The molecule has 36 heavy (non-hydrogen) atoms. The van der Waals surface area contributed by atoms with Crippen molar-refractivity contribution in [3.63, 3.8) is 0 Å². The molecule has 2 aromatic rings. The number of methoxy groups -OCH3 is 1. The van der Waals surface area contributed by atoms with E-state index in [0.29, 0.717) is 23.7 Å². The van der Waals surface area contributed by atoms with Gasteiger partial charge in [0.1, 0.15) is 5.75 Å². The van der Waals surface area contributed by atoms with Crippen molar-refractivity contribution < 1.29 is 18.8 Å². The van der Waals surface area contributed by atoms with Gasteiger partial charge < -0.3 is 14.0 Å². The first-order chi connectivity index (χ1) is 17.0. The summed E-state index contributed by atoms with van der Waals surface area (Å²) < 4.78 is 18.2. The maximum atomic E-state index is 12.7. The van der Waals surface area contributed by atoms with Gasteiger partial charge in [-0.15, -0.1) is 23.4 Å². The summed E-state index contributed by atoms with van der Waals surface area (Å²) in [5.41, 5.74) is 4.08. The average Bonchev–Trinajstić information content (AvgIpc) is 3.21. The molecule has 5 atom stereocenters. The minimum absolute atomic E-state index is 0.0756. The van der Waals surface area contributed by atoms with Crippen LogP contribution in [-0.2, 0) is 21.5 Å². The number of halogens is 1. The highest BCUT2D eigenvalue weighted by molar-refractivity contribution is 7.98. The summed E-state index contributed by atoms with van der Waals surface area (Å²) in [5, 5.41) is -0.316. The summed E-state index contributed by atoms with van der Waals surface area (Å²) in [6.45, 7) is 10.6. The van der Waals surface area contributed by atoms with Gasteiger partial charge in [-0.3, -0.25) is 4.79 Å². The molecule has 1 heterocycles. The Balaban J connectivity index is 1.29. The molecule has 3 aliphatic carbocycles. The van der Waals surface area contributed by atoms with Crippen LogP contribution >= 0.6 is 23.4 Å². The molecule has 6 rings (SSSR count). The molecule has 2 aromatic carbocycles. The molecular weight excluding hydrogens is 491 g/mol. The lowest BCUT2D eigenvalue weighted by atomic mass is 9.43. The standard InChI is InChI=1S/C29H36BClO4S/c1-17-20(9-12-23(27(17)18(2)32)36-16-19-7-10-22(33-6)11-8-19)13-26(31)30-34-25-15-21-14-24(28(21,3)4)29(25,5)35-30/h7-12,21,24-26H,13-16H2,1-6H3/t21-,24-,25?,26+,29-/m0/s1. The number of hydrogen-bond acceptors (Lipinski definition) is 5. The number of ether oxygens (including phenoxy) is 1. The zero-order valence-electron chi connectivity index (χ0n) is 22.1. The predicted octanol–water partition coefficient (Wildman–Crippen LogP) is 6.92. The van der Waals surface area contributed by atoms with Crippen LogP contribution in [0, 0.1) is 24.2 Å². The van der Waals surface area contributed by atoms with E-state index in [9.17, 15) is 4.79 Å². The molecule has 0 radical (unpaired) electrons. The van der Waals surface area contributed by atoms with Gasteiger partial charge in [-0.25, -0.2) is 0 Å². The number of carbonyl (C=O) groups is 1. The van der Waals surface area contributed by atoms with Crippen molar-refractivity contribution in [2.24, 2.45) is 17.3 Å². The van der Waals surface area contributed by atoms with Gasteiger partial charge in [0.05, 0.1) is 24.1 Å². The maximum absolute atomic E-state index is 12.7. The van der Waals surface area contributed by atoms with Crippen molar-refractivity contribution in [2.75, 3.05) is 7.11 Å². The number of benzene rings is 2. The second-order valence-electron chi connectivity index (χ2n) is 11.5. The maximum Gasteiger partial charge on any atom is 0.477 e. The minimum Gasteiger partial charge on any atom is -0.497 e. The highest BCUT2D eigenvalue weighted by Crippen LogP contribution is 2.65. The zero-order chi connectivity index (χ0) is 25.8. The van der Waals surface area contributed by atoms with Crippen LogP contribution in [0.5, 0.6) is 5.75 Å². The van der Waals surface area contributed by atoms with Gasteiger partial charge >= 0.3 is 7.12 Å². The fourth-order valence-electron chi connectivity index (χ4n) is 6.75. The van der Waals surface area contributed by atoms with Crippen LogP contribution in [0.3, 0.4) is 0 Å². The summed E-state index contributed by atoms with van der Waals surface area (Å²) in [7, 11) is 1.24. The largest absolute Gasteiger partial charge is 0.497 e. The molecule has 4 aliphatic rings. The number of thioether (sulfide) groups is 1. The predicted molar refractivity (Wildman–Crippen MR) is 147 cm³/mol. The number of Topliss-reactive ketones (excluding diaryl/α,β-unsaturated/α-hetero) is 1. The third-order valence-electron chi connectivity index (χ3n) is 9.12. The number of rotatable bonds is 8. The summed E-state index contributed by atoms with van der Waals surface area (Å²) >= 11 is 8.62. The normalized spacial score (nSPS) is 28.9. The zero-order valence-corrected chi connectivity index (χ0v) is 23.7. The van der Waals surface area contributed by atoms with Crippen LogP contribution in [-0.4, -0.2) is 37.0 Å². The van der Waals surface area contributed by atoms with Gasteiger partial charge in [0.15, 0.2) is 5.78 Å². The van der Waals surface area contributed by atoms with Crippen LogP contribution in [0.4, 0.5) is 0 Å². The first-order valence-electron chi connectivity index (χ1n) is 12.9. The Bertz CT molecular complexity index is 1150. The smallest absolute Gasteiger partial charge is 0.477 e. The third kappa shape index (κ3) is 4.42. The lowest BCUT2D eigenvalue weighted by molar-refractivity contribution is -0.199. The van der Waals surface area contributed by atoms with Crippen molar-refractivity contribution in [2.45, 2.75) is 81.5 Å². The first-order valence-corrected chi connectivity index (χ1v) is 14.3. The summed E-state index contributed by atoms with van der Waals surface area (Å²) in [6, 6.07) is 12.2. The molecule has 192 valence electrons. The van der Waals surface area contributed by atoms with E-state index < -0.39 is 7.12 Å². The number of hydrogen-bond donors (Lipinski definition) is 0. The van der Waals surface area contributed by atoms with Gasteiger partial charge in [-0.1, -0.05) is 32.0 Å². The lowest BCUT2D eigenvalue weighted by Gasteiger charge is -2.64. The van der Waals surface area contributed by atoms with Gasteiger partial charge in [0.25, 0.3) is 0 Å². The fourth-order valence-corrected chi connectivity index (χ4v) is 8.15. The molecule has 4 nitrogen and oxygen atoms in total. The molecule has 3 saturated carbocycles. The lowest BCUT2D eigenvalue weighted by Crippen LogP contribution is -2.65. The van der Waals surface area contributed by atoms with E-state index in [-0.39, 0.29) is 22.8 Å². The summed E-state index contributed by atoms with van der Waals surface area (Å²) in [5.74, 6) is 2.92. The summed E-state index contributed by atoms with van der Waals surface area (Å²) in [6.07, 6.45) is 2.99. The highest BCUT2D eigenvalue weighted by atomic mass is 35.5. The van der Waals surface area contributed by atoms with Crippen molar-refractivity contribution in [3.8, 4) is 5.75 Å². The Morgan fingerprint density at radius 2 is 1.92 bits per heavy atom. The Hall–Kier alpha value is -1.47. The number of alkyl halides is 1. The van der Waals surface area contributed by atoms with E-state index in [2.05, 4.69) is 45.0 Å². The van der Waals surface area contributed by atoms with Gasteiger partial charge in [-0.2, -0.15) is 0 Å². The molecule has 1 aliphatic heterocycles. The van der Waals surface area contributed by atoms with Crippen molar-refractivity contribution in [3.05, 3.63) is 58.7 Å². The Labute approximate surface area is 224 Å². The van der Waals surface area contributed by atoms with Crippen LogP contribution in [0.2, 0.25) is 0 Å². The van der Waals surface area contributed by atoms with Gasteiger partial charge in [0.2, 0.25) is 0 Å². The molecule has 7 heteroatoms. The Morgan fingerprint density at radius 1 is 1.19 bits per heavy atom. The van der Waals surface area contributed by atoms with Crippen LogP contribution in [0.1, 0.15) is 67.6 Å². The SMILES string of the molecule is COc1ccc(CSc2ccc(C[C@@H](Cl)B3OC4C[C@@H]5C[C@@H](C5(C)C)[C@]4(C)O3)c(C)c2C(C)=O)cc1. The number of carbonyl (C=O) groups excluding carboxylic acids is 1. The minimum atomic E-state index is -0.430. The topological polar surface area (TPSA) is 44.8 Å². The van der Waals surface area contributed by atoms with E-state index in [1.54, 1.807) is 25.8 Å². The van der Waals surface area contributed by atoms with Crippen molar-refractivity contribution in [1.82, 2.24) is 0 Å². The third-order valence-corrected chi connectivity index (χ3v) is 10.6. The highest BCUT2D eigenvalue weighted by Gasteiger charge is 2.68. The van der Waals surface area contributed by atoms with E-state index in [0.717, 1.165) is 39.5 Å². The molecular formula is C29H36BClO4S. The Morgan fingerprint density at radius 3 is 2.56 bits per heavy atom. The van der Waals surface area contributed by atoms with E-state index >= 15 is 0 Å². The second-order valence-corrected chi connectivity index (χ2v) is 13.1. The average molecular weight is 527 g/mol. The second kappa shape index (κ2) is 9.69. The molecule has 0 amide bonds.